The fourth-order valence-electron chi connectivity index (χ4n) is 3.51. The fraction of sp³-hybridized carbons (Fsp3) is 0.562. The standard InChI is InChI=1S/C16H22N2O4S/c1-12-7-8-17(9-12)23(21,22)18-10-14(15(11-18)16(19)20)13-5-3-2-4-6-13/h2-6,12,14-15H,7-11H2,1H3,(H,19,20)/t12?,14-,15+/m1/s1. The van der Waals surface area contributed by atoms with E-state index in [2.05, 4.69) is 0 Å². The lowest BCUT2D eigenvalue weighted by atomic mass is 9.89. The first-order valence-corrected chi connectivity index (χ1v) is 9.32. The summed E-state index contributed by atoms with van der Waals surface area (Å²) in [4.78, 5) is 11.6. The van der Waals surface area contributed by atoms with Crippen LogP contribution in [-0.2, 0) is 15.0 Å². The molecular formula is C16H22N2O4S. The highest BCUT2D eigenvalue weighted by Crippen LogP contribution is 2.35. The zero-order valence-electron chi connectivity index (χ0n) is 13.1. The summed E-state index contributed by atoms with van der Waals surface area (Å²) in [6.07, 6.45) is 0.859. The van der Waals surface area contributed by atoms with E-state index in [1.54, 1.807) is 0 Å². The molecule has 0 bridgehead atoms. The highest BCUT2D eigenvalue weighted by Gasteiger charge is 2.45. The zero-order chi connectivity index (χ0) is 16.6. The number of hydrogen-bond donors (Lipinski definition) is 1. The normalized spacial score (nSPS) is 29.9. The van der Waals surface area contributed by atoms with E-state index in [1.807, 2.05) is 37.3 Å². The Hall–Kier alpha value is -1.44. The molecule has 2 fully saturated rings. The number of carbonyl (C=O) groups is 1. The van der Waals surface area contributed by atoms with Gasteiger partial charge in [-0.05, 0) is 17.9 Å². The van der Waals surface area contributed by atoms with E-state index < -0.39 is 22.1 Å². The maximum atomic E-state index is 12.8. The second-order valence-electron chi connectivity index (χ2n) is 6.54. The monoisotopic (exact) mass is 338 g/mol. The van der Waals surface area contributed by atoms with Crippen LogP contribution in [0.2, 0.25) is 0 Å². The number of carboxylic acid groups (broad SMARTS) is 1. The molecule has 1 N–H and O–H groups in total. The van der Waals surface area contributed by atoms with E-state index in [-0.39, 0.29) is 19.0 Å². The lowest BCUT2D eigenvalue weighted by Crippen LogP contribution is -2.42. The number of nitrogens with zero attached hydrogens (tertiary/aromatic N) is 2. The van der Waals surface area contributed by atoms with Gasteiger partial charge in [-0.3, -0.25) is 4.79 Å². The van der Waals surface area contributed by atoms with Crippen molar-refractivity contribution in [2.24, 2.45) is 11.8 Å². The summed E-state index contributed by atoms with van der Waals surface area (Å²) in [7, 11) is -3.58. The third-order valence-electron chi connectivity index (χ3n) is 4.87. The van der Waals surface area contributed by atoms with Crippen molar-refractivity contribution in [3.8, 4) is 0 Å². The largest absolute Gasteiger partial charge is 0.481 e. The van der Waals surface area contributed by atoms with Crippen molar-refractivity contribution in [2.45, 2.75) is 19.3 Å². The fourth-order valence-corrected chi connectivity index (χ4v) is 5.32. The van der Waals surface area contributed by atoms with E-state index in [4.69, 9.17) is 0 Å². The van der Waals surface area contributed by atoms with Gasteiger partial charge in [-0.2, -0.15) is 17.0 Å². The first-order chi connectivity index (χ1) is 10.9. The van der Waals surface area contributed by atoms with E-state index in [1.165, 1.54) is 8.61 Å². The molecule has 2 aliphatic rings. The SMILES string of the molecule is CC1CCN(S(=O)(=O)N2C[C@H](C(=O)O)[C@@H](c3ccccc3)C2)C1. The Balaban J connectivity index is 1.84. The minimum Gasteiger partial charge on any atom is -0.481 e. The maximum absolute atomic E-state index is 12.8. The summed E-state index contributed by atoms with van der Waals surface area (Å²) in [6.45, 7) is 3.35. The molecule has 2 heterocycles. The average molecular weight is 338 g/mol. The van der Waals surface area contributed by atoms with Crippen molar-refractivity contribution < 1.29 is 18.3 Å². The molecule has 0 aromatic heterocycles. The van der Waals surface area contributed by atoms with Crippen LogP contribution in [0.4, 0.5) is 0 Å². The van der Waals surface area contributed by atoms with Crippen molar-refractivity contribution in [3.63, 3.8) is 0 Å². The molecule has 0 radical (unpaired) electrons. The summed E-state index contributed by atoms with van der Waals surface area (Å²) in [5.41, 5.74) is 0.882. The molecule has 0 aliphatic carbocycles. The van der Waals surface area contributed by atoms with Crippen LogP contribution in [0.5, 0.6) is 0 Å². The van der Waals surface area contributed by atoms with Gasteiger partial charge in [-0.1, -0.05) is 37.3 Å². The summed E-state index contributed by atoms with van der Waals surface area (Å²) >= 11 is 0. The van der Waals surface area contributed by atoms with Crippen LogP contribution in [0.1, 0.15) is 24.8 Å². The average Bonchev–Trinajstić information content (AvgIpc) is 3.15. The molecule has 0 saturated carbocycles. The Kier molecular flexibility index (Phi) is 4.44. The summed E-state index contributed by atoms with van der Waals surface area (Å²) in [5, 5.41) is 9.50. The van der Waals surface area contributed by atoms with Gasteiger partial charge in [0.05, 0.1) is 5.92 Å². The van der Waals surface area contributed by atoms with Crippen LogP contribution < -0.4 is 0 Å². The van der Waals surface area contributed by atoms with E-state index in [9.17, 15) is 18.3 Å². The molecule has 1 aromatic rings. The lowest BCUT2D eigenvalue weighted by Gasteiger charge is -2.23. The van der Waals surface area contributed by atoms with E-state index in [0.717, 1.165) is 12.0 Å². The predicted molar refractivity (Wildman–Crippen MR) is 86.2 cm³/mol. The van der Waals surface area contributed by atoms with Crippen molar-refractivity contribution in [1.29, 1.82) is 0 Å². The molecule has 3 rings (SSSR count). The van der Waals surface area contributed by atoms with Crippen LogP contribution in [0, 0.1) is 11.8 Å². The van der Waals surface area contributed by atoms with Crippen molar-refractivity contribution in [3.05, 3.63) is 35.9 Å². The molecular weight excluding hydrogens is 316 g/mol. The third-order valence-corrected chi connectivity index (χ3v) is 6.81. The first kappa shape index (κ1) is 16.4. The van der Waals surface area contributed by atoms with Crippen molar-refractivity contribution >= 4 is 16.2 Å². The summed E-state index contributed by atoms with van der Waals surface area (Å²) in [6, 6.07) is 9.32. The van der Waals surface area contributed by atoms with Gasteiger partial charge in [0.1, 0.15) is 0 Å². The van der Waals surface area contributed by atoms with Gasteiger partial charge in [0.25, 0.3) is 10.2 Å². The highest BCUT2D eigenvalue weighted by molar-refractivity contribution is 7.86. The molecule has 2 aliphatic heterocycles. The van der Waals surface area contributed by atoms with Crippen molar-refractivity contribution in [2.75, 3.05) is 26.2 Å². The lowest BCUT2D eigenvalue weighted by molar-refractivity contribution is -0.141. The van der Waals surface area contributed by atoms with Crippen molar-refractivity contribution in [1.82, 2.24) is 8.61 Å². The van der Waals surface area contributed by atoms with Crippen LogP contribution in [0.15, 0.2) is 30.3 Å². The molecule has 1 unspecified atom stereocenters. The minimum atomic E-state index is -3.58. The molecule has 0 amide bonds. The van der Waals surface area contributed by atoms with Gasteiger partial charge in [0.2, 0.25) is 0 Å². The number of rotatable bonds is 4. The smallest absolute Gasteiger partial charge is 0.308 e. The highest BCUT2D eigenvalue weighted by atomic mass is 32.2. The quantitative estimate of drug-likeness (QED) is 0.899. The second kappa shape index (κ2) is 6.22. The number of hydrogen-bond acceptors (Lipinski definition) is 3. The molecule has 3 atom stereocenters. The van der Waals surface area contributed by atoms with Gasteiger partial charge in [-0.15, -0.1) is 0 Å². The number of carboxylic acids is 1. The minimum absolute atomic E-state index is 0.0438. The van der Waals surface area contributed by atoms with Gasteiger partial charge in [0.15, 0.2) is 0 Å². The third kappa shape index (κ3) is 3.13. The number of benzene rings is 1. The van der Waals surface area contributed by atoms with E-state index in [0.29, 0.717) is 19.0 Å². The first-order valence-electron chi connectivity index (χ1n) is 7.92. The molecule has 23 heavy (non-hydrogen) atoms. The van der Waals surface area contributed by atoms with Crippen LogP contribution >= 0.6 is 0 Å². The Labute approximate surface area is 136 Å². The molecule has 6 nitrogen and oxygen atoms in total. The Morgan fingerprint density at radius 3 is 2.39 bits per heavy atom. The van der Waals surface area contributed by atoms with Crippen LogP contribution in [-0.4, -0.2) is 54.3 Å². The Morgan fingerprint density at radius 2 is 1.83 bits per heavy atom. The predicted octanol–water partition coefficient (Wildman–Crippen LogP) is 1.37. The number of aliphatic carboxylic acids is 1. The Morgan fingerprint density at radius 1 is 1.13 bits per heavy atom. The van der Waals surface area contributed by atoms with Gasteiger partial charge < -0.3 is 5.11 Å². The molecule has 0 spiro atoms. The summed E-state index contributed by atoms with van der Waals surface area (Å²) < 4.78 is 28.4. The summed E-state index contributed by atoms with van der Waals surface area (Å²) in [5.74, 6) is -1.59. The zero-order valence-corrected chi connectivity index (χ0v) is 13.9. The van der Waals surface area contributed by atoms with Crippen LogP contribution in [0.25, 0.3) is 0 Å². The van der Waals surface area contributed by atoms with Gasteiger partial charge >= 0.3 is 5.97 Å². The molecule has 7 heteroatoms. The van der Waals surface area contributed by atoms with Gasteiger partial charge in [-0.25, -0.2) is 0 Å². The Bertz CT molecular complexity index is 677. The second-order valence-corrected chi connectivity index (χ2v) is 8.47. The molecule has 126 valence electrons. The van der Waals surface area contributed by atoms with Crippen LogP contribution in [0.3, 0.4) is 0 Å². The molecule has 2 saturated heterocycles. The topological polar surface area (TPSA) is 77.9 Å². The maximum Gasteiger partial charge on any atom is 0.308 e. The van der Waals surface area contributed by atoms with E-state index >= 15 is 0 Å². The molecule has 1 aromatic carbocycles. The van der Waals surface area contributed by atoms with Gasteiger partial charge in [0, 0.05) is 32.1 Å².